The number of likely N-dealkylation sites (tertiary alicyclic amines) is 1. The number of nitrogens with one attached hydrogen (secondary N) is 1. The van der Waals surface area contributed by atoms with Crippen molar-refractivity contribution in [2.45, 2.75) is 50.6 Å². The zero-order valence-electron chi connectivity index (χ0n) is 14.0. The Bertz CT molecular complexity index is 730. The van der Waals surface area contributed by atoms with Crippen molar-refractivity contribution in [3.05, 3.63) is 34.2 Å². The average Bonchev–Trinajstić information content (AvgIpc) is 3.18. The van der Waals surface area contributed by atoms with Crippen LogP contribution in [0.2, 0.25) is 0 Å². The Morgan fingerprint density at radius 3 is 2.79 bits per heavy atom. The lowest BCUT2D eigenvalue weighted by Gasteiger charge is -2.44. The molecule has 4 bridgehead atoms. The normalized spacial score (nSPS) is 36.5. The summed E-state index contributed by atoms with van der Waals surface area (Å²) in [5.74, 6) is 2.76. The van der Waals surface area contributed by atoms with E-state index in [-0.39, 0.29) is 5.56 Å². The second-order valence-corrected chi connectivity index (χ2v) is 8.72. The van der Waals surface area contributed by atoms with E-state index in [1.807, 2.05) is 10.6 Å². The lowest BCUT2D eigenvalue weighted by Crippen LogP contribution is -2.54. The quantitative estimate of drug-likeness (QED) is 0.794. The van der Waals surface area contributed by atoms with Crippen LogP contribution in [0, 0.1) is 17.8 Å². The highest BCUT2D eigenvalue weighted by Crippen LogP contribution is 2.44. The predicted octanol–water partition coefficient (Wildman–Crippen LogP) is 2.33. The third kappa shape index (κ3) is 2.40. The van der Waals surface area contributed by atoms with Gasteiger partial charge in [0.2, 0.25) is 0 Å². The summed E-state index contributed by atoms with van der Waals surface area (Å²) in [5, 5.41) is 4.65. The van der Waals surface area contributed by atoms with Gasteiger partial charge in [-0.2, -0.15) is 0 Å². The molecule has 5 rings (SSSR count). The molecule has 0 spiro atoms. The molecule has 24 heavy (non-hydrogen) atoms. The molecule has 5 atom stereocenters. The maximum absolute atomic E-state index is 12.1. The Labute approximate surface area is 148 Å². The van der Waals surface area contributed by atoms with Crippen molar-refractivity contribution in [1.82, 2.24) is 14.8 Å². The molecule has 4 aliphatic rings. The van der Waals surface area contributed by atoms with Gasteiger partial charge in [0.1, 0.15) is 0 Å². The molecule has 0 unspecified atom stereocenters. The molecule has 2 saturated carbocycles. The smallest absolute Gasteiger partial charge is 0.250 e. The third-order valence-corrected chi connectivity index (χ3v) is 7.19. The van der Waals surface area contributed by atoms with Gasteiger partial charge in [-0.05, 0) is 61.7 Å². The van der Waals surface area contributed by atoms with Gasteiger partial charge in [-0.3, -0.25) is 4.79 Å². The molecule has 2 aliphatic heterocycles. The molecule has 1 N–H and O–H groups in total. The van der Waals surface area contributed by atoms with E-state index in [9.17, 15) is 4.79 Å². The van der Waals surface area contributed by atoms with Gasteiger partial charge in [-0.1, -0.05) is 12.5 Å². The second-order valence-electron chi connectivity index (χ2n) is 8.33. The molecule has 0 aromatic carbocycles. The van der Waals surface area contributed by atoms with Gasteiger partial charge in [0.25, 0.3) is 5.56 Å². The Morgan fingerprint density at radius 1 is 1.08 bits per heavy atom. The van der Waals surface area contributed by atoms with E-state index >= 15 is 0 Å². The molecule has 1 saturated heterocycles. The summed E-state index contributed by atoms with van der Waals surface area (Å²) in [6, 6.07) is 6.31. The lowest BCUT2D eigenvalue weighted by atomic mass is 9.83. The molecule has 128 valence electrons. The summed E-state index contributed by atoms with van der Waals surface area (Å²) in [6.07, 6.45) is 6.71. The maximum Gasteiger partial charge on any atom is 0.250 e. The number of hydrogen-bond acceptors (Lipinski definition) is 2. The number of hydrogen-bond donors (Lipinski definition) is 1. The standard InChI is InChI=1S/C19H25N3OS/c23-18-3-1-2-17-15-7-13(10-22(17)18)9-21(11-15)19(24)20-16-8-12-4-5-14(16)6-12/h1-3,12-16H,4-11H2,(H,20,24)/t12-,13+,14-,15+,16+/m1/s1. The third-order valence-electron chi connectivity index (χ3n) is 6.81. The van der Waals surface area contributed by atoms with Gasteiger partial charge >= 0.3 is 0 Å². The Hall–Kier alpha value is -1.36. The number of aromatic nitrogens is 1. The second kappa shape index (κ2) is 5.58. The van der Waals surface area contributed by atoms with Crippen LogP contribution in [-0.2, 0) is 6.54 Å². The number of rotatable bonds is 1. The fourth-order valence-corrected chi connectivity index (χ4v) is 6.03. The van der Waals surface area contributed by atoms with Crippen LogP contribution in [0.5, 0.6) is 0 Å². The van der Waals surface area contributed by atoms with Crippen molar-refractivity contribution in [3.8, 4) is 0 Å². The van der Waals surface area contributed by atoms with Crippen molar-refractivity contribution in [2.24, 2.45) is 17.8 Å². The number of nitrogens with zero attached hydrogens (tertiary/aromatic N) is 2. The molecular weight excluding hydrogens is 318 g/mol. The van der Waals surface area contributed by atoms with Crippen molar-refractivity contribution in [1.29, 1.82) is 0 Å². The SMILES string of the molecule is O=c1cccc2n1C[C@H]1C[C@H]2CN(C(=S)N[C@H]2C[C@@H]3CC[C@@H]2C3)C1. The first-order chi connectivity index (χ1) is 11.7. The van der Waals surface area contributed by atoms with Crippen LogP contribution in [0.25, 0.3) is 0 Å². The molecule has 0 radical (unpaired) electrons. The van der Waals surface area contributed by atoms with Crippen LogP contribution in [0.1, 0.15) is 43.7 Å². The van der Waals surface area contributed by atoms with Crippen LogP contribution in [-0.4, -0.2) is 33.7 Å². The Kier molecular flexibility index (Phi) is 3.47. The minimum absolute atomic E-state index is 0.151. The first kappa shape index (κ1) is 14.9. The summed E-state index contributed by atoms with van der Waals surface area (Å²) in [5.41, 5.74) is 1.35. The molecule has 3 fully saturated rings. The zero-order valence-corrected chi connectivity index (χ0v) is 14.8. The van der Waals surface area contributed by atoms with Gasteiger partial charge < -0.3 is 14.8 Å². The summed E-state index contributed by atoms with van der Waals surface area (Å²) in [6.45, 7) is 2.79. The fraction of sp³-hybridized carbons (Fsp3) is 0.684. The van der Waals surface area contributed by atoms with Crippen LogP contribution in [0.15, 0.2) is 23.0 Å². The number of pyridine rings is 1. The van der Waals surface area contributed by atoms with Crippen LogP contribution in [0.3, 0.4) is 0 Å². The van der Waals surface area contributed by atoms with Gasteiger partial charge in [-0.15, -0.1) is 0 Å². The van der Waals surface area contributed by atoms with E-state index in [2.05, 4.69) is 16.3 Å². The van der Waals surface area contributed by atoms with Gasteiger partial charge in [0.15, 0.2) is 5.11 Å². The van der Waals surface area contributed by atoms with E-state index < -0.39 is 0 Å². The molecule has 1 aromatic rings. The first-order valence-corrected chi connectivity index (χ1v) is 9.83. The molecule has 1 aromatic heterocycles. The van der Waals surface area contributed by atoms with Crippen molar-refractivity contribution in [2.75, 3.05) is 13.1 Å². The fourth-order valence-electron chi connectivity index (χ4n) is 5.73. The predicted molar refractivity (Wildman–Crippen MR) is 98.1 cm³/mol. The molecule has 5 heteroatoms. The molecule has 0 amide bonds. The molecule has 4 nitrogen and oxygen atoms in total. The molecular formula is C19H25N3OS. The summed E-state index contributed by atoms with van der Waals surface area (Å²) < 4.78 is 1.99. The number of piperidine rings is 1. The van der Waals surface area contributed by atoms with Crippen molar-refractivity contribution in [3.63, 3.8) is 0 Å². The Morgan fingerprint density at radius 2 is 2.00 bits per heavy atom. The highest BCUT2D eigenvalue weighted by atomic mass is 32.1. The summed E-state index contributed by atoms with van der Waals surface area (Å²) >= 11 is 5.77. The monoisotopic (exact) mass is 343 g/mol. The average molecular weight is 343 g/mol. The highest BCUT2D eigenvalue weighted by molar-refractivity contribution is 7.80. The van der Waals surface area contributed by atoms with E-state index in [4.69, 9.17) is 12.2 Å². The highest BCUT2D eigenvalue weighted by Gasteiger charge is 2.41. The first-order valence-electron chi connectivity index (χ1n) is 9.42. The van der Waals surface area contributed by atoms with E-state index in [0.717, 1.165) is 36.6 Å². The molecule has 2 aliphatic carbocycles. The van der Waals surface area contributed by atoms with Crippen LogP contribution >= 0.6 is 12.2 Å². The molecule has 3 heterocycles. The summed E-state index contributed by atoms with van der Waals surface area (Å²) in [4.78, 5) is 14.5. The van der Waals surface area contributed by atoms with E-state index in [0.29, 0.717) is 17.9 Å². The topological polar surface area (TPSA) is 37.3 Å². The van der Waals surface area contributed by atoms with Gasteiger partial charge in [0, 0.05) is 43.4 Å². The lowest BCUT2D eigenvalue weighted by molar-refractivity contribution is 0.175. The minimum Gasteiger partial charge on any atom is -0.360 e. The maximum atomic E-state index is 12.1. The zero-order chi connectivity index (χ0) is 16.3. The van der Waals surface area contributed by atoms with Crippen molar-refractivity contribution >= 4 is 17.3 Å². The Balaban J connectivity index is 1.31. The number of fused-ring (bicyclic) bond motifs is 6. The van der Waals surface area contributed by atoms with Gasteiger partial charge in [0.05, 0.1) is 0 Å². The van der Waals surface area contributed by atoms with Crippen molar-refractivity contribution < 1.29 is 0 Å². The minimum atomic E-state index is 0.151. The van der Waals surface area contributed by atoms with Crippen LogP contribution < -0.4 is 10.9 Å². The van der Waals surface area contributed by atoms with E-state index in [1.54, 1.807) is 6.07 Å². The number of thiocarbonyl (C=S) groups is 1. The van der Waals surface area contributed by atoms with Crippen LogP contribution in [0.4, 0.5) is 0 Å². The largest absolute Gasteiger partial charge is 0.360 e. The summed E-state index contributed by atoms with van der Waals surface area (Å²) in [7, 11) is 0. The van der Waals surface area contributed by atoms with E-state index in [1.165, 1.54) is 37.8 Å². The van der Waals surface area contributed by atoms with Gasteiger partial charge in [-0.25, -0.2) is 0 Å².